The van der Waals surface area contributed by atoms with Crippen LogP contribution in [0.2, 0.25) is 0 Å². The summed E-state index contributed by atoms with van der Waals surface area (Å²) in [7, 11) is 1.45. The third kappa shape index (κ3) is 3.57. The highest BCUT2D eigenvalue weighted by Crippen LogP contribution is 2.41. The van der Waals surface area contributed by atoms with Gasteiger partial charge in [-0.15, -0.1) is 0 Å². The van der Waals surface area contributed by atoms with Crippen molar-refractivity contribution in [3.63, 3.8) is 0 Å². The molecule has 26 heavy (non-hydrogen) atoms. The number of aliphatic carboxylic acids is 1. The van der Waals surface area contributed by atoms with Gasteiger partial charge in [0.05, 0.1) is 13.7 Å². The number of rotatable bonds is 5. The molecule has 0 bridgehead atoms. The molecule has 2 atom stereocenters. The standard InChI is InChI=1S/C19H18O7/c1-24-15-9-12(4-5-13(15)21)19-17(10-20)25-16-8-11(3-7-18(22)23)2-6-14(16)26-19/h2-9,17,19-21H,10H2,1H3,(H,22,23)/b7-3+/t17-,19-/m0/s1. The topological polar surface area (TPSA) is 105 Å². The van der Waals surface area contributed by atoms with Crippen LogP contribution >= 0.6 is 0 Å². The zero-order valence-corrected chi connectivity index (χ0v) is 14.0. The Morgan fingerprint density at radius 2 is 2.00 bits per heavy atom. The van der Waals surface area contributed by atoms with E-state index in [1.165, 1.54) is 19.3 Å². The maximum Gasteiger partial charge on any atom is 0.328 e. The van der Waals surface area contributed by atoms with E-state index in [9.17, 15) is 15.0 Å². The van der Waals surface area contributed by atoms with E-state index in [0.29, 0.717) is 28.4 Å². The Morgan fingerprint density at radius 1 is 1.19 bits per heavy atom. The van der Waals surface area contributed by atoms with Gasteiger partial charge in [0.1, 0.15) is 0 Å². The Bertz CT molecular complexity index is 844. The normalized spacial score (nSPS) is 18.7. The van der Waals surface area contributed by atoms with E-state index in [4.69, 9.17) is 19.3 Å². The van der Waals surface area contributed by atoms with Crippen LogP contribution in [0.1, 0.15) is 17.2 Å². The molecule has 0 spiro atoms. The van der Waals surface area contributed by atoms with Crippen molar-refractivity contribution in [3.8, 4) is 23.0 Å². The molecular formula is C19H18O7. The molecule has 0 fully saturated rings. The molecule has 0 amide bonds. The Morgan fingerprint density at radius 3 is 2.69 bits per heavy atom. The fraction of sp³-hybridized carbons (Fsp3) is 0.211. The summed E-state index contributed by atoms with van der Waals surface area (Å²) in [6.07, 6.45) is 1.20. The van der Waals surface area contributed by atoms with Gasteiger partial charge in [-0.05, 0) is 35.9 Å². The van der Waals surface area contributed by atoms with Crippen molar-refractivity contribution in [1.82, 2.24) is 0 Å². The largest absolute Gasteiger partial charge is 0.504 e. The number of carboxylic acid groups (broad SMARTS) is 1. The second kappa shape index (κ2) is 7.37. The lowest BCUT2D eigenvalue weighted by molar-refractivity contribution is -0.131. The number of phenols is 1. The first-order valence-corrected chi connectivity index (χ1v) is 7.88. The Balaban J connectivity index is 1.91. The van der Waals surface area contributed by atoms with E-state index >= 15 is 0 Å². The monoisotopic (exact) mass is 358 g/mol. The summed E-state index contributed by atoms with van der Waals surface area (Å²) in [5.41, 5.74) is 1.32. The fourth-order valence-corrected chi connectivity index (χ4v) is 2.71. The SMILES string of the molecule is COc1cc([C@@H]2Oc3ccc(/C=C/C(=O)O)cc3O[C@H]2CO)ccc1O. The lowest BCUT2D eigenvalue weighted by atomic mass is 10.0. The first-order chi connectivity index (χ1) is 12.5. The summed E-state index contributed by atoms with van der Waals surface area (Å²) in [5.74, 6) is 0.138. The highest BCUT2D eigenvalue weighted by molar-refractivity contribution is 5.85. The molecule has 0 aliphatic carbocycles. The van der Waals surface area contributed by atoms with Crippen LogP contribution in [0.4, 0.5) is 0 Å². The van der Waals surface area contributed by atoms with Crippen molar-refractivity contribution in [3.05, 3.63) is 53.6 Å². The summed E-state index contributed by atoms with van der Waals surface area (Å²) in [5, 5.41) is 28.1. The smallest absolute Gasteiger partial charge is 0.328 e. The second-order valence-electron chi connectivity index (χ2n) is 5.69. The number of ether oxygens (including phenoxy) is 3. The van der Waals surface area contributed by atoms with Crippen LogP contribution in [0.15, 0.2) is 42.5 Å². The molecule has 136 valence electrons. The maximum atomic E-state index is 10.6. The van der Waals surface area contributed by atoms with Gasteiger partial charge >= 0.3 is 5.97 Å². The molecule has 0 aromatic heterocycles. The molecule has 0 saturated heterocycles. The molecule has 0 saturated carbocycles. The summed E-state index contributed by atoms with van der Waals surface area (Å²) < 4.78 is 16.9. The molecular weight excluding hydrogens is 340 g/mol. The minimum atomic E-state index is -1.05. The van der Waals surface area contributed by atoms with Crippen molar-refractivity contribution >= 4 is 12.0 Å². The summed E-state index contributed by atoms with van der Waals surface area (Å²) in [6, 6.07) is 9.81. The van der Waals surface area contributed by atoms with E-state index in [1.54, 1.807) is 30.3 Å². The summed E-state index contributed by atoms with van der Waals surface area (Å²) >= 11 is 0. The second-order valence-corrected chi connectivity index (χ2v) is 5.69. The van der Waals surface area contributed by atoms with Crippen molar-refractivity contribution in [2.45, 2.75) is 12.2 Å². The van der Waals surface area contributed by atoms with Gasteiger partial charge in [0.25, 0.3) is 0 Å². The third-order valence-electron chi connectivity index (χ3n) is 3.97. The van der Waals surface area contributed by atoms with Crippen LogP contribution in [-0.2, 0) is 4.79 Å². The van der Waals surface area contributed by atoms with Crippen LogP contribution in [-0.4, -0.2) is 41.1 Å². The van der Waals surface area contributed by atoms with E-state index in [0.717, 1.165) is 6.08 Å². The Hall–Kier alpha value is -3.19. The van der Waals surface area contributed by atoms with Crippen molar-refractivity contribution in [2.24, 2.45) is 0 Å². The van der Waals surface area contributed by atoms with Gasteiger partial charge < -0.3 is 29.5 Å². The molecule has 2 aromatic carbocycles. The number of phenolic OH excluding ortho intramolecular Hbond substituents is 1. The molecule has 3 rings (SSSR count). The number of fused-ring (bicyclic) bond motifs is 1. The molecule has 1 heterocycles. The number of aliphatic hydroxyl groups is 1. The van der Waals surface area contributed by atoms with E-state index in [2.05, 4.69) is 0 Å². The van der Waals surface area contributed by atoms with Crippen molar-refractivity contribution < 1.29 is 34.3 Å². The summed E-state index contributed by atoms with van der Waals surface area (Å²) in [6.45, 7) is -0.289. The number of methoxy groups -OCH3 is 1. The Labute approximate surface area is 149 Å². The molecule has 0 unspecified atom stereocenters. The maximum absolute atomic E-state index is 10.6. The first kappa shape index (κ1) is 17.6. The van der Waals surface area contributed by atoms with Gasteiger partial charge in [0, 0.05) is 11.6 Å². The molecule has 2 aromatic rings. The number of carboxylic acids is 1. The highest BCUT2D eigenvalue weighted by Gasteiger charge is 2.33. The van der Waals surface area contributed by atoms with E-state index in [-0.39, 0.29) is 12.4 Å². The number of aromatic hydroxyl groups is 1. The van der Waals surface area contributed by atoms with Gasteiger partial charge in [0.2, 0.25) is 0 Å². The lowest BCUT2D eigenvalue weighted by Crippen LogP contribution is -2.36. The van der Waals surface area contributed by atoms with E-state index in [1.807, 2.05) is 0 Å². The average Bonchev–Trinajstić information content (AvgIpc) is 2.65. The van der Waals surface area contributed by atoms with Gasteiger partial charge in [-0.1, -0.05) is 12.1 Å². The first-order valence-electron chi connectivity index (χ1n) is 7.88. The van der Waals surface area contributed by atoms with Gasteiger partial charge in [-0.2, -0.15) is 0 Å². The van der Waals surface area contributed by atoms with Crippen LogP contribution < -0.4 is 14.2 Å². The predicted octanol–water partition coefficient (Wildman–Crippen LogP) is 2.37. The molecule has 0 radical (unpaired) electrons. The minimum Gasteiger partial charge on any atom is -0.504 e. The number of hydrogen-bond acceptors (Lipinski definition) is 6. The zero-order chi connectivity index (χ0) is 18.7. The predicted molar refractivity (Wildman–Crippen MR) is 92.6 cm³/mol. The van der Waals surface area contributed by atoms with Gasteiger partial charge in [-0.3, -0.25) is 0 Å². The van der Waals surface area contributed by atoms with Crippen LogP contribution in [0.3, 0.4) is 0 Å². The third-order valence-corrected chi connectivity index (χ3v) is 3.97. The number of hydrogen-bond donors (Lipinski definition) is 3. The van der Waals surface area contributed by atoms with Crippen LogP contribution in [0.5, 0.6) is 23.0 Å². The molecule has 3 N–H and O–H groups in total. The number of aliphatic hydroxyl groups excluding tert-OH is 1. The Kier molecular flexibility index (Phi) is 4.99. The molecule has 1 aliphatic rings. The minimum absolute atomic E-state index is 0.00351. The van der Waals surface area contributed by atoms with Crippen LogP contribution in [0, 0.1) is 0 Å². The summed E-state index contributed by atoms with van der Waals surface area (Å²) in [4.78, 5) is 10.6. The molecule has 1 aliphatic heterocycles. The van der Waals surface area contributed by atoms with E-state index < -0.39 is 18.2 Å². The van der Waals surface area contributed by atoms with Crippen molar-refractivity contribution in [2.75, 3.05) is 13.7 Å². The fourth-order valence-electron chi connectivity index (χ4n) is 2.71. The number of benzene rings is 2. The molecule has 7 heteroatoms. The van der Waals surface area contributed by atoms with Crippen molar-refractivity contribution in [1.29, 1.82) is 0 Å². The quantitative estimate of drug-likeness (QED) is 0.705. The zero-order valence-electron chi connectivity index (χ0n) is 14.0. The average molecular weight is 358 g/mol. The van der Waals surface area contributed by atoms with Gasteiger partial charge in [-0.25, -0.2) is 4.79 Å². The highest BCUT2D eigenvalue weighted by atomic mass is 16.6. The van der Waals surface area contributed by atoms with Gasteiger partial charge in [0.15, 0.2) is 35.2 Å². The molecule has 7 nitrogen and oxygen atoms in total. The van der Waals surface area contributed by atoms with Crippen LogP contribution in [0.25, 0.3) is 6.08 Å². The lowest BCUT2D eigenvalue weighted by Gasteiger charge is -2.33. The number of carbonyl (C=O) groups is 1.